The molecule has 1 fully saturated rings. The number of carboxylic acid groups (broad SMARTS) is 1. The van der Waals surface area contributed by atoms with E-state index in [-0.39, 0.29) is 12.8 Å². The van der Waals surface area contributed by atoms with Crippen LogP contribution in [0.25, 0.3) is 0 Å². The molecule has 0 aromatic heterocycles. The second-order valence-electron chi connectivity index (χ2n) is 5.20. The molecule has 0 bridgehead atoms. The van der Waals surface area contributed by atoms with Crippen LogP contribution in [0.15, 0.2) is 0 Å². The number of hydrogen-bond donors (Lipinski definition) is 6. The molecule has 1 saturated carbocycles. The molecule has 20 heavy (non-hydrogen) atoms. The average molecular weight is 291 g/mol. The lowest BCUT2D eigenvalue weighted by molar-refractivity contribution is -0.149. The van der Waals surface area contributed by atoms with E-state index in [1.807, 2.05) is 0 Å². The summed E-state index contributed by atoms with van der Waals surface area (Å²) in [5.74, 6) is -3.27. The third kappa shape index (κ3) is 3.89. The summed E-state index contributed by atoms with van der Waals surface area (Å²) in [6.45, 7) is 0.542. The van der Waals surface area contributed by atoms with Gasteiger partial charge in [0, 0.05) is 12.8 Å². The number of carbonyl (C=O) groups excluding carboxylic acids is 1. The maximum absolute atomic E-state index is 11.1. The molecule has 0 aromatic rings. The Labute approximate surface area is 116 Å². The number of hydrogen-bond acceptors (Lipinski definition) is 6. The van der Waals surface area contributed by atoms with Gasteiger partial charge in [0.1, 0.15) is 6.10 Å². The number of aliphatic hydroxyl groups is 4. The van der Waals surface area contributed by atoms with Gasteiger partial charge < -0.3 is 30.8 Å². The molecule has 0 heterocycles. The van der Waals surface area contributed by atoms with Crippen molar-refractivity contribution in [2.45, 2.75) is 44.1 Å². The molecule has 1 aliphatic carbocycles. The van der Waals surface area contributed by atoms with Crippen molar-refractivity contribution in [3.8, 4) is 0 Å². The minimum absolute atomic E-state index is 0.00440. The predicted octanol–water partition coefficient (Wildman–Crippen LogP) is -2.32. The van der Waals surface area contributed by atoms with Crippen molar-refractivity contribution in [1.29, 1.82) is 0 Å². The third-order valence-electron chi connectivity index (χ3n) is 3.70. The summed E-state index contributed by atoms with van der Waals surface area (Å²) in [7, 11) is 0. The van der Waals surface area contributed by atoms with Gasteiger partial charge in [-0.05, 0) is 12.8 Å². The largest absolute Gasteiger partial charge is 0.481 e. The minimum Gasteiger partial charge on any atom is -0.481 e. The second kappa shape index (κ2) is 6.98. The van der Waals surface area contributed by atoms with Crippen LogP contribution in [-0.2, 0) is 9.59 Å². The fourth-order valence-electron chi connectivity index (χ4n) is 2.68. The topological polar surface area (TPSA) is 147 Å². The number of aliphatic hydroxyl groups excluding tert-OH is 4. The standard InChI is InChI=1S/C12H21NO7/c1-5(15)13-10-7(11(18)9(17)4-14)2-6(12(19)20)3-8(10)16/h6-11,14,16-18H,2-4H2,1H3,(H,13,15)(H,19,20). The van der Waals surface area contributed by atoms with E-state index < -0.39 is 54.7 Å². The van der Waals surface area contributed by atoms with Crippen LogP contribution in [0.1, 0.15) is 19.8 Å². The van der Waals surface area contributed by atoms with E-state index in [9.17, 15) is 24.9 Å². The maximum Gasteiger partial charge on any atom is 0.306 e. The zero-order valence-electron chi connectivity index (χ0n) is 11.1. The summed E-state index contributed by atoms with van der Waals surface area (Å²) in [5, 5.41) is 49.8. The number of amides is 1. The van der Waals surface area contributed by atoms with Gasteiger partial charge in [-0.1, -0.05) is 0 Å². The number of aliphatic carboxylic acids is 1. The normalized spacial score (nSPS) is 33.2. The minimum atomic E-state index is -1.46. The molecular weight excluding hydrogens is 270 g/mol. The van der Waals surface area contributed by atoms with Gasteiger partial charge in [0.2, 0.25) is 5.91 Å². The zero-order valence-corrected chi connectivity index (χ0v) is 11.1. The number of rotatable bonds is 5. The highest BCUT2D eigenvalue weighted by Crippen LogP contribution is 2.33. The molecule has 116 valence electrons. The van der Waals surface area contributed by atoms with Crippen LogP contribution in [0, 0.1) is 11.8 Å². The van der Waals surface area contributed by atoms with Crippen LogP contribution in [0.3, 0.4) is 0 Å². The molecule has 0 spiro atoms. The third-order valence-corrected chi connectivity index (χ3v) is 3.70. The van der Waals surface area contributed by atoms with Gasteiger partial charge in [-0.25, -0.2) is 0 Å². The highest BCUT2D eigenvalue weighted by molar-refractivity contribution is 5.73. The van der Waals surface area contributed by atoms with Crippen LogP contribution in [0.4, 0.5) is 0 Å². The Balaban J connectivity index is 2.94. The number of nitrogens with one attached hydrogen (secondary N) is 1. The molecule has 6 N–H and O–H groups in total. The molecule has 8 heteroatoms. The van der Waals surface area contributed by atoms with E-state index in [0.29, 0.717) is 0 Å². The van der Waals surface area contributed by atoms with E-state index in [1.165, 1.54) is 6.92 Å². The highest BCUT2D eigenvalue weighted by Gasteiger charge is 2.44. The van der Waals surface area contributed by atoms with Gasteiger partial charge in [0.25, 0.3) is 0 Å². The van der Waals surface area contributed by atoms with Crippen molar-refractivity contribution in [2.75, 3.05) is 6.61 Å². The van der Waals surface area contributed by atoms with Crippen LogP contribution < -0.4 is 5.32 Å². The van der Waals surface area contributed by atoms with Gasteiger partial charge >= 0.3 is 5.97 Å². The Morgan fingerprint density at radius 2 is 1.90 bits per heavy atom. The lowest BCUT2D eigenvalue weighted by atomic mass is 9.72. The van der Waals surface area contributed by atoms with Crippen molar-refractivity contribution in [3.63, 3.8) is 0 Å². The van der Waals surface area contributed by atoms with E-state index in [4.69, 9.17) is 10.2 Å². The van der Waals surface area contributed by atoms with Gasteiger partial charge in [-0.15, -0.1) is 0 Å². The summed E-state index contributed by atoms with van der Waals surface area (Å²) in [4.78, 5) is 22.2. The smallest absolute Gasteiger partial charge is 0.306 e. The first-order valence-electron chi connectivity index (χ1n) is 6.42. The summed E-state index contributed by atoms with van der Waals surface area (Å²) < 4.78 is 0. The number of carbonyl (C=O) groups is 2. The maximum atomic E-state index is 11.1. The Kier molecular flexibility index (Phi) is 5.88. The summed E-state index contributed by atoms with van der Waals surface area (Å²) in [6.07, 6.45) is -4.09. The Bertz CT molecular complexity index is 362. The van der Waals surface area contributed by atoms with Crippen molar-refractivity contribution < 1.29 is 35.1 Å². The van der Waals surface area contributed by atoms with Crippen LogP contribution in [-0.4, -0.2) is 68.4 Å². The van der Waals surface area contributed by atoms with Gasteiger partial charge in [0.05, 0.1) is 30.8 Å². The average Bonchev–Trinajstić information content (AvgIpc) is 2.38. The van der Waals surface area contributed by atoms with Crippen molar-refractivity contribution in [3.05, 3.63) is 0 Å². The molecule has 1 aliphatic rings. The highest BCUT2D eigenvalue weighted by atomic mass is 16.4. The van der Waals surface area contributed by atoms with E-state index in [0.717, 1.165) is 0 Å². The molecule has 6 atom stereocenters. The van der Waals surface area contributed by atoms with Gasteiger partial charge in [0.15, 0.2) is 0 Å². The van der Waals surface area contributed by atoms with Gasteiger partial charge in [-0.2, -0.15) is 0 Å². The Hall–Kier alpha value is -1.22. The molecular formula is C12H21NO7. The zero-order chi connectivity index (χ0) is 15.4. The molecule has 0 saturated heterocycles. The monoisotopic (exact) mass is 291 g/mol. The lowest BCUT2D eigenvalue weighted by Gasteiger charge is -2.41. The first-order chi connectivity index (χ1) is 9.27. The van der Waals surface area contributed by atoms with Crippen LogP contribution >= 0.6 is 0 Å². The predicted molar refractivity (Wildman–Crippen MR) is 66.6 cm³/mol. The first-order valence-corrected chi connectivity index (χ1v) is 6.42. The number of carboxylic acids is 1. The van der Waals surface area contributed by atoms with Crippen molar-refractivity contribution >= 4 is 11.9 Å². The summed E-state index contributed by atoms with van der Waals surface area (Å²) >= 11 is 0. The van der Waals surface area contributed by atoms with E-state index >= 15 is 0 Å². The molecule has 8 nitrogen and oxygen atoms in total. The molecule has 0 aliphatic heterocycles. The molecule has 6 unspecified atom stereocenters. The quantitative estimate of drug-likeness (QED) is 0.333. The second-order valence-corrected chi connectivity index (χ2v) is 5.20. The van der Waals surface area contributed by atoms with E-state index in [2.05, 4.69) is 5.32 Å². The lowest BCUT2D eigenvalue weighted by Crippen LogP contribution is -2.57. The fourth-order valence-corrected chi connectivity index (χ4v) is 2.68. The molecule has 1 amide bonds. The van der Waals surface area contributed by atoms with Crippen LogP contribution in [0.5, 0.6) is 0 Å². The van der Waals surface area contributed by atoms with Crippen LogP contribution in [0.2, 0.25) is 0 Å². The van der Waals surface area contributed by atoms with Crippen molar-refractivity contribution in [2.24, 2.45) is 11.8 Å². The van der Waals surface area contributed by atoms with Crippen molar-refractivity contribution in [1.82, 2.24) is 5.32 Å². The fraction of sp³-hybridized carbons (Fsp3) is 0.833. The first kappa shape index (κ1) is 16.8. The van der Waals surface area contributed by atoms with Gasteiger partial charge in [-0.3, -0.25) is 9.59 Å². The summed E-state index contributed by atoms with van der Waals surface area (Å²) in [5.41, 5.74) is 0. The Morgan fingerprint density at radius 3 is 2.35 bits per heavy atom. The summed E-state index contributed by atoms with van der Waals surface area (Å²) in [6, 6.07) is -0.862. The SMILES string of the molecule is CC(=O)NC1C(O)CC(C(=O)O)CC1C(O)C(O)CO. The molecule has 0 radical (unpaired) electrons. The molecule has 0 aromatic carbocycles. The molecule has 1 rings (SSSR count). The van der Waals surface area contributed by atoms with E-state index in [1.54, 1.807) is 0 Å². The Morgan fingerprint density at radius 1 is 1.30 bits per heavy atom.